The van der Waals surface area contributed by atoms with Gasteiger partial charge in [0.1, 0.15) is 0 Å². The van der Waals surface area contributed by atoms with Gasteiger partial charge in [0.25, 0.3) is 0 Å². The highest BCUT2D eigenvalue weighted by Crippen LogP contribution is 2.41. The molecule has 1 nitrogen and oxygen atoms in total. The molecule has 0 amide bonds. The van der Waals surface area contributed by atoms with E-state index in [4.69, 9.17) is 0 Å². The minimum absolute atomic E-state index is 0.0255. The summed E-state index contributed by atoms with van der Waals surface area (Å²) in [6.45, 7) is 9.29. The first-order chi connectivity index (χ1) is 7.95. The van der Waals surface area contributed by atoms with Crippen molar-refractivity contribution in [3.05, 3.63) is 0 Å². The molecule has 0 spiro atoms. The topological polar surface area (TPSA) is 20.2 Å². The molecule has 0 bridgehead atoms. The average Bonchev–Trinajstić information content (AvgIpc) is 2.28. The van der Waals surface area contributed by atoms with E-state index in [9.17, 15) is 5.11 Å². The molecule has 0 aromatic carbocycles. The highest BCUT2D eigenvalue weighted by Gasteiger charge is 2.31. The lowest BCUT2D eigenvalue weighted by Gasteiger charge is -2.38. The van der Waals surface area contributed by atoms with E-state index >= 15 is 0 Å². The second-order valence-electron chi connectivity index (χ2n) is 7.04. The van der Waals surface area contributed by atoms with Gasteiger partial charge in [0, 0.05) is 0 Å². The van der Waals surface area contributed by atoms with Crippen LogP contribution in [0.2, 0.25) is 0 Å². The van der Waals surface area contributed by atoms with Crippen LogP contribution in [0.3, 0.4) is 0 Å². The van der Waals surface area contributed by atoms with Crippen molar-refractivity contribution in [2.75, 3.05) is 0 Å². The molecule has 0 aromatic rings. The second kappa shape index (κ2) is 6.78. The predicted octanol–water partition coefficient (Wildman–Crippen LogP) is 4.78. The Kier molecular flexibility index (Phi) is 5.99. The van der Waals surface area contributed by atoms with Gasteiger partial charge in [-0.15, -0.1) is 0 Å². The molecule has 1 unspecified atom stereocenters. The maximum atomic E-state index is 10.2. The zero-order valence-corrected chi connectivity index (χ0v) is 12.3. The molecule has 1 aliphatic carbocycles. The molecule has 1 N–H and O–H groups in total. The van der Waals surface area contributed by atoms with Crippen molar-refractivity contribution in [2.24, 2.45) is 17.3 Å². The molecular weight excluding hydrogens is 208 g/mol. The predicted molar refractivity (Wildman–Crippen MR) is 75.1 cm³/mol. The van der Waals surface area contributed by atoms with Gasteiger partial charge in [-0.2, -0.15) is 0 Å². The molecular formula is C16H32O. The van der Waals surface area contributed by atoms with E-state index < -0.39 is 0 Å². The lowest BCUT2D eigenvalue weighted by Crippen LogP contribution is -2.30. The molecule has 1 rings (SSSR count). The summed E-state index contributed by atoms with van der Waals surface area (Å²) < 4.78 is 0. The van der Waals surface area contributed by atoms with E-state index in [0.29, 0.717) is 11.3 Å². The van der Waals surface area contributed by atoms with Crippen molar-refractivity contribution in [3.8, 4) is 0 Å². The summed E-state index contributed by atoms with van der Waals surface area (Å²) in [6, 6.07) is 0. The van der Waals surface area contributed by atoms with Gasteiger partial charge in [-0.25, -0.2) is 0 Å². The average molecular weight is 240 g/mol. The summed E-state index contributed by atoms with van der Waals surface area (Å²) in [5.41, 5.74) is 0.456. The minimum atomic E-state index is -0.0255. The summed E-state index contributed by atoms with van der Waals surface area (Å²) in [4.78, 5) is 0. The molecule has 1 saturated carbocycles. The van der Waals surface area contributed by atoms with Crippen molar-refractivity contribution in [1.29, 1.82) is 0 Å². The fourth-order valence-electron chi connectivity index (χ4n) is 3.21. The number of unbranched alkanes of at least 4 members (excludes halogenated alkanes) is 2. The van der Waals surface area contributed by atoms with Crippen LogP contribution < -0.4 is 0 Å². The lowest BCUT2D eigenvalue weighted by atomic mass is 9.68. The molecule has 102 valence electrons. The van der Waals surface area contributed by atoms with Crippen molar-refractivity contribution < 1.29 is 5.11 Å². The highest BCUT2D eigenvalue weighted by atomic mass is 16.3. The monoisotopic (exact) mass is 240 g/mol. The van der Waals surface area contributed by atoms with E-state index in [1.54, 1.807) is 0 Å². The van der Waals surface area contributed by atoms with Crippen molar-refractivity contribution in [1.82, 2.24) is 0 Å². The molecule has 1 fully saturated rings. The molecule has 1 atom stereocenters. The standard InChI is InChI=1S/C16H32O/c1-5-6-7-8-15(17)13-9-11-14(12-10-13)16(2,3)4/h13-15,17H,5-12H2,1-4H3. The van der Waals surface area contributed by atoms with E-state index in [2.05, 4.69) is 27.7 Å². The van der Waals surface area contributed by atoms with Gasteiger partial charge in [-0.3, -0.25) is 0 Å². The molecule has 1 heteroatoms. The number of hydrogen-bond donors (Lipinski definition) is 1. The molecule has 0 aliphatic heterocycles. The zero-order valence-electron chi connectivity index (χ0n) is 12.3. The van der Waals surface area contributed by atoms with Crippen LogP contribution in [0, 0.1) is 17.3 Å². The smallest absolute Gasteiger partial charge is 0.0568 e. The summed E-state index contributed by atoms with van der Waals surface area (Å²) in [5, 5.41) is 10.2. The van der Waals surface area contributed by atoms with E-state index in [1.165, 1.54) is 44.9 Å². The first kappa shape index (κ1) is 15.0. The molecule has 17 heavy (non-hydrogen) atoms. The largest absolute Gasteiger partial charge is 0.393 e. The third-order valence-corrected chi connectivity index (χ3v) is 4.64. The van der Waals surface area contributed by atoms with Crippen molar-refractivity contribution in [2.45, 2.75) is 85.2 Å². The third-order valence-electron chi connectivity index (χ3n) is 4.64. The van der Waals surface area contributed by atoms with Gasteiger partial charge in [0.2, 0.25) is 0 Å². The van der Waals surface area contributed by atoms with E-state index in [1.807, 2.05) is 0 Å². The Labute approximate surface area is 108 Å². The maximum Gasteiger partial charge on any atom is 0.0568 e. The Morgan fingerprint density at radius 3 is 2.12 bits per heavy atom. The molecule has 0 aromatic heterocycles. The Bertz CT molecular complexity index is 196. The van der Waals surface area contributed by atoms with Crippen LogP contribution in [-0.2, 0) is 0 Å². The van der Waals surface area contributed by atoms with Gasteiger partial charge in [0.15, 0.2) is 0 Å². The first-order valence-corrected chi connectivity index (χ1v) is 7.63. The van der Waals surface area contributed by atoms with Gasteiger partial charge >= 0.3 is 0 Å². The fourth-order valence-corrected chi connectivity index (χ4v) is 3.21. The van der Waals surface area contributed by atoms with Crippen molar-refractivity contribution >= 4 is 0 Å². The third kappa shape index (κ3) is 4.99. The number of hydrogen-bond acceptors (Lipinski definition) is 1. The van der Waals surface area contributed by atoms with Crippen LogP contribution in [0.1, 0.15) is 79.1 Å². The number of aliphatic hydroxyl groups excluding tert-OH is 1. The summed E-state index contributed by atoms with van der Waals surface area (Å²) >= 11 is 0. The van der Waals surface area contributed by atoms with Crippen LogP contribution in [-0.4, -0.2) is 11.2 Å². The lowest BCUT2D eigenvalue weighted by molar-refractivity contribution is 0.0466. The molecule has 0 saturated heterocycles. The SMILES string of the molecule is CCCCCC(O)C1CCC(C(C)(C)C)CC1. The van der Waals surface area contributed by atoms with E-state index in [0.717, 1.165) is 12.3 Å². The van der Waals surface area contributed by atoms with E-state index in [-0.39, 0.29) is 6.10 Å². The normalized spacial score (nSPS) is 28.1. The summed E-state index contributed by atoms with van der Waals surface area (Å²) in [7, 11) is 0. The van der Waals surface area contributed by atoms with Gasteiger partial charge in [0.05, 0.1) is 6.10 Å². The fraction of sp³-hybridized carbons (Fsp3) is 1.00. The van der Waals surface area contributed by atoms with Crippen LogP contribution in [0.4, 0.5) is 0 Å². The van der Waals surface area contributed by atoms with Crippen molar-refractivity contribution in [3.63, 3.8) is 0 Å². The van der Waals surface area contributed by atoms with Gasteiger partial charge < -0.3 is 5.11 Å². The van der Waals surface area contributed by atoms with Crippen LogP contribution in [0.15, 0.2) is 0 Å². The number of rotatable bonds is 5. The molecule has 0 heterocycles. The maximum absolute atomic E-state index is 10.2. The number of aliphatic hydroxyl groups is 1. The molecule has 1 aliphatic rings. The Morgan fingerprint density at radius 2 is 1.65 bits per heavy atom. The highest BCUT2D eigenvalue weighted by molar-refractivity contribution is 4.83. The van der Waals surface area contributed by atoms with Gasteiger partial charge in [-0.05, 0) is 49.4 Å². The van der Waals surface area contributed by atoms with Crippen LogP contribution in [0.25, 0.3) is 0 Å². The quantitative estimate of drug-likeness (QED) is 0.686. The van der Waals surface area contributed by atoms with Crippen LogP contribution in [0.5, 0.6) is 0 Å². The summed E-state index contributed by atoms with van der Waals surface area (Å²) in [5.74, 6) is 1.45. The summed E-state index contributed by atoms with van der Waals surface area (Å²) in [6.07, 6.45) is 9.86. The second-order valence-corrected chi connectivity index (χ2v) is 7.04. The zero-order chi connectivity index (χ0) is 12.9. The van der Waals surface area contributed by atoms with Gasteiger partial charge in [-0.1, -0.05) is 47.0 Å². The Balaban J connectivity index is 2.26. The Hall–Kier alpha value is -0.0400. The molecule has 0 radical (unpaired) electrons. The Morgan fingerprint density at radius 1 is 1.06 bits per heavy atom. The first-order valence-electron chi connectivity index (χ1n) is 7.63. The van der Waals surface area contributed by atoms with Crippen LogP contribution >= 0.6 is 0 Å². The minimum Gasteiger partial charge on any atom is -0.393 e.